The topological polar surface area (TPSA) is 171 Å². The van der Waals surface area contributed by atoms with Crippen molar-refractivity contribution < 1.29 is 30.5 Å². The van der Waals surface area contributed by atoms with Gasteiger partial charge in [-0.25, -0.2) is 4.79 Å². The Labute approximate surface area is 71.1 Å². The first-order chi connectivity index (χ1) is 5.79. The fraction of sp³-hybridized carbons (Fsp3) is 0.667. The summed E-state index contributed by atoms with van der Waals surface area (Å²) in [5.74, 6) is -1.19. The Balaban J connectivity index is -0.000000125. The first-order valence-electron chi connectivity index (χ1n) is 2.50. The van der Waals surface area contributed by atoms with Gasteiger partial charge in [-0.1, -0.05) is 0 Å². The molecule has 0 amide bonds. The Hall–Kier alpha value is -1.97. The van der Waals surface area contributed by atoms with Gasteiger partial charge in [0, 0.05) is 0 Å². The van der Waals surface area contributed by atoms with Crippen LogP contribution in [0.4, 0.5) is 0 Å². The average Bonchev–Trinajstić information content (AvgIpc) is 1.87. The molecule has 1 unspecified atom stereocenters. The lowest BCUT2D eigenvalue weighted by Gasteiger charge is -1.89. The van der Waals surface area contributed by atoms with Crippen LogP contribution in [0.1, 0.15) is 6.92 Å². The molecular formula is C3H8N2O8. The van der Waals surface area contributed by atoms with E-state index in [4.69, 9.17) is 35.6 Å². The van der Waals surface area contributed by atoms with Gasteiger partial charge in [-0.3, -0.25) is 0 Å². The molecule has 4 N–H and O–H groups in total. The van der Waals surface area contributed by atoms with Gasteiger partial charge < -0.3 is 20.6 Å². The number of rotatable bonds is 1. The molecule has 0 aromatic carbocycles. The number of aliphatic hydroxyl groups is 1. The molecule has 10 heteroatoms. The summed E-state index contributed by atoms with van der Waals surface area (Å²) in [5.41, 5.74) is 0. The lowest BCUT2D eigenvalue weighted by molar-refractivity contribution is -0.742. The molecule has 0 spiro atoms. The number of carboxylic acids is 1. The van der Waals surface area contributed by atoms with Crippen molar-refractivity contribution in [3.8, 4) is 0 Å². The third kappa shape index (κ3) is 157. The monoisotopic (exact) mass is 200 g/mol. The zero-order valence-electron chi connectivity index (χ0n) is 6.39. The van der Waals surface area contributed by atoms with Crippen LogP contribution in [0.3, 0.4) is 0 Å². The van der Waals surface area contributed by atoms with Crippen LogP contribution < -0.4 is 0 Å². The SMILES string of the molecule is CC(O)C(=O)O.O=NO.O=[N+]([O-])O. The van der Waals surface area contributed by atoms with Gasteiger partial charge in [0.2, 0.25) is 0 Å². The highest BCUT2D eigenvalue weighted by Crippen LogP contribution is 1.73. The third-order valence-corrected chi connectivity index (χ3v) is 0.357. The molecule has 0 heterocycles. The van der Waals surface area contributed by atoms with Crippen LogP contribution in [0, 0.1) is 15.0 Å². The summed E-state index contributed by atoms with van der Waals surface area (Å²) in [6.07, 6.45) is -1.23. The van der Waals surface area contributed by atoms with E-state index in [0.717, 1.165) is 0 Å². The summed E-state index contributed by atoms with van der Waals surface area (Å²) in [4.78, 5) is 25.9. The molecular weight excluding hydrogens is 192 g/mol. The molecule has 0 saturated carbocycles. The van der Waals surface area contributed by atoms with Crippen molar-refractivity contribution in [1.29, 1.82) is 0 Å². The summed E-state index contributed by atoms with van der Waals surface area (Å²) < 4.78 is 0. The second kappa shape index (κ2) is 12.7. The Bertz CT molecular complexity index is 151. The van der Waals surface area contributed by atoms with Crippen molar-refractivity contribution >= 4 is 5.97 Å². The highest BCUT2D eigenvalue weighted by Gasteiger charge is 2.01. The summed E-state index contributed by atoms with van der Waals surface area (Å²) in [7, 11) is 0. The van der Waals surface area contributed by atoms with E-state index in [2.05, 4.69) is 0 Å². The smallest absolute Gasteiger partial charge is 0.332 e. The van der Waals surface area contributed by atoms with Gasteiger partial charge in [-0.05, 0) is 6.92 Å². The Kier molecular flexibility index (Phi) is 16.8. The molecule has 0 aliphatic heterocycles. The molecule has 0 aromatic heterocycles. The van der Waals surface area contributed by atoms with Gasteiger partial charge in [0.05, 0.1) is 0 Å². The van der Waals surface area contributed by atoms with Crippen molar-refractivity contribution in [2.24, 2.45) is 5.34 Å². The molecule has 78 valence electrons. The number of hydrogen-bond acceptors (Lipinski definition) is 6. The van der Waals surface area contributed by atoms with Gasteiger partial charge in [-0.2, -0.15) is 0 Å². The van der Waals surface area contributed by atoms with Crippen LogP contribution in [0.2, 0.25) is 0 Å². The maximum absolute atomic E-state index is 9.45. The molecule has 0 aromatic rings. The van der Waals surface area contributed by atoms with Crippen molar-refractivity contribution in [2.45, 2.75) is 13.0 Å². The Morgan fingerprint density at radius 2 is 1.69 bits per heavy atom. The molecule has 10 nitrogen and oxygen atoms in total. The fourth-order valence-corrected chi connectivity index (χ4v) is 0. The number of carbonyl (C=O) groups is 1. The van der Waals surface area contributed by atoms with E-state index in [9.17, 15) is 4.79 Å². The van der Waals surface area contributed by atoms with Crippen LogP contribution in [0.15, 0.2) is 5.34 Å². The van der Waals surface area contributed by atoms with Gasteiger partial charge in [0.15, 0.2) is 5.34 Å². The van der Waals surface area contributed by atoms with Crippen LogP contribution in [0.25, 0.3) is 0 Å². The van der Waals surface area contributed by atoms with E-state index in [0.29, 0.717) is 0 Å². The highest BCUT2D eigenvalue weighted by atomic mass is 16.9. The van der Waals surface area contributed by atoms with Crippen LogP contribution in [-0.4, -0.2) is 37.8 Å². The van der Waals surface area contributed by atoms with E-state index < -0.39 is 17.2 Å². The summed E-state index contributed by atoms with van der Waals surface area (Å²) in [5, 5.41) is 37.3. The molecule has 1 atom stereocenters. The predicted molar refractivity (Wildman–Crippen MR) is 35.7 cm³/mol. The molecule has 13 heavy (non-hydrogen) atoms. The largest absolute Gasteiger partial charge is 0.479 e. The second-order valence-corrected chi connectivity index (χ2v) is 1.33. The molecule has 0 bridgehead atoms. The first-order valence-corrected chi connectivity index (χ1v) is 2.50. The summed E-state index contributed by atoms with van der Waals surface area (Å²) in [6.45, 7) is 1.20. The molecule has 0 aliphatic rings. The van der Waals surface area contributed by atoms with E-state index in [1.54, 1.807) is 0 Å². The third-order valence-electron chi connectivity index (χ3n) is 0.357. The number of aliphatic hydroxyl groups excluding tert-OH is 1. The van der Waals surface area contributed by atoms with Crippen molar-refractivity contribution in [3.05, 3.63) is 15.0 Å². The Morgan fingerprint density at radius 1 is 1.62 bits per heavy atom. The predicted octanol–water partition coefficient (Wildman–Crippen LogP) is -0.754. The minimum absolute atomic E-state index is 1.19. The minimum Gasteiger partial charge on any atom is -0.479 e. The molecule has 0 fully saturated rings. The molecule has 0 aliphatic carbocycles. The zero-order chi connectivity index (χ0) is 11.4. The van der Waals surface area contributed by atoms with Crippen molar-refractivity contribution in [1.82, 2.24) is 0 Å². The molecule has 0 radical (unpaired) electrons. The van der Waals surface area contributed by atoms with Crippen LogP contribution in [-0.2, 0) is 4.79 Å². The van der Waals surface area contributed by atoms with Gasteiger partial charge in [0.1, 0.15) is 6.10 Å². The van der Waals surface area contributed by atoms with Gasteiger partial charge >= 0.3 is 5.97 Å². The lowest BCUT2D eigenvalue weighted by Crippen LogP contribution is -2.13. The molecule has 0 saturated heterocycles. The van der Waals surface area contributed by atoms with Gasteiger partial charge in [0.25, 0.3) is 5.09 Å². The van der Waals surface area contributed by atoms with E-state index in [1.807, 2.05) is 0 Å². The maximum Gasteiger partial charge on any atom is 0.332 e. The number of carboxylic acid groups (broad SMARTS) is 1. The van der Waals surface area contributed by atoms with Crippen LogP contribution >= 0.6 is 0 Å². The van der Waals surface area contributed by atoms with Gasteiger partial charge in [-0.15, -0.1) is 15.0 Å². The van der Waals surface area contributed by atoms with Crippen molar-refractivity contribution in [2.75, 3.05) is 0 Å². The highest BCUT2D eigenvalue weighted by molar-refractivity contribution is 5.71. The molecule has 0 rings (SSSR count). The standard InChI is InChI=1S/C3H6O3.HNO3.HNO2/c1-2(4)3(5)6;2-1(3)4;2-1-3/h2,4H,1H3,(H,5,6);(H,2,3,4);(H,2,3). The van der Waals surface area contributed by atoms with Crippen LogP contribution in [0.5, 0.6) is 0 Å². The van der Waals surface area contributed by atoms with Crippen molar-refractivity contribution in [3.63, 3.8) is 0 Å². The minimum atomic E-state index is -1.50. The van der Waals surface area contributed by atoms with E-state index in [1.165, 1.54) is 12.3 Å². The quantitative estimate of drug-likeness (QED) is 0.243. The number of aliphatic carboxylic acids is 1. The summed E-state index contributed by atoms with van der Waals surface area (Å²) in [6, 6.07) is 0. The number of nitrogens with zero attached hydrogens (tertiary/aromatic N) is 2. The Morgan fingerprint density at radius 3 is 1.69 bits per heavy atom. The first kappa shape index (κ1) is 17.2. The normalized spacial score (nSPS) is 9.08. The second-order valence-electron chi connectivity index (χ2n) is 1.33. The number of hydrogen-bond donors (Lipinski definition) is 4. The fourth-order valence-electron chi connectivity index (χ4n) is 0. The van der Waals surface area contributed by atoms with E-state index in [-0.39, 0.29) is 0 Å². The average molecular weight is 200 g/mol. The van der Waals surface area contributed by atoms with E-state index >= 15 is 0 Å². The maximum atomic E-state index is 9.45. The summed E-state index contributed by atoms with van der Waals surface area (Å²) >= 11 is 0. The zero-order valence-corrected chi connectivity index (χ0v) is 6.39. The lowest BCUT2D eigenvalue weighted by atomic mass is 10.4.